The Bertz CT molecular complexity index is 832. The van der Waals surface area contributed by atoms with Crippen molar-refractivity contribution in [2.75, 3.05) is 31.1 Å². The van der Waals surface area contributed by atoms with Crippen LogP contribution >= 0.6 is 23.2 Å². The molecule has 7 heteroatoms. The molecule has 0 unspecified atom stereocenters. The number of amides is 1. The number of hydrogen-bond donors (Lipinski definition) is 0. The maximum Gasteiger partial charge on any atom is 0.315 e. The molecule has 1 fully saturated rings. The monoisotopic (exact) mass is 406 g/mol. The number of carbonyl (C=O) groups excluding carboxylic acids is 2. The Morgan fingerprint density at radius 3 is 2.22 bits per heavy atom. The lowest BCUT2D eigenvalue weighted by atomic mass is 10.1. The van der Waals surface area contributed by atoms with Crippen LogP contribution in [0, 0.1) is 0 Å². The van der Waals surface area contributed by atoms with Crippen molar-refractivity contribution in [3.05, 3.63) is 58.1 Å². The van der Waals surface area contributed by atoms with E-state index in [2.05, 4.69) is 4.90 Å². The fourth-order valence-corrected chi connectivity index (χ4v) is 3.31. The fraction of sp³-hybridized carbons (Fsp3) is 0.300. The van der Waals surface area contributed by atoms with Crippen molar-refractivity contribution >= 4 is 40.8 Å². The van der Waals surface area contributed by atoms with Crippen LogP contribution in [0.3, 0.4) is 0 Å². The maximum absolute atomic E-state index is 12.1. The van der Waals surface area contributed by atoms with Crippen molar-refractivity contribution in [1.82, 2.24) is 4.90 Å². The minimum absolute atomic E-state index is 0.110. The van der Waals surface area contributed by atoms with Crippen molar-refractivity contribution in [2.24, 2.45) is 0 Å². The van der Waals surface area contributed by atoms with Gasteiger partial charge in [0.2, 0.25) is 5.91 Å². The number of rotatable bonds is 4. The zero-order valence-corrected chi connectivity index (χ0v) is 16.5. The van der Waals surface area contributed by atoms with Crippen LogP contribution in [0.1, 0.15) is 12.5 Å². The smallest absolute Gasteiger partial charge is 0.315 e. The second kappa shape index (κ2) is 8.63. The molecule has 1 saturated heterocycles. The first-order valence-electron chi connectivity index (χ1n) is 8.67. The number of nitrogens with zero attached hydrogens (tertiary/aromatic N) is 2. The molecular weight excluding hydrogens is 387 g/mol. The molecule has 1 heterocycles. The number of carbonyl (C=O) groups is 2. The lowest BCUT2D eigenvalue weighted by Crippen LogP contribution is -2.48. The van der Waals surface area contributed by atoms with Crippen molar-refractivity contribution < 1.29 is 14.3 Å². The molecule has 0 bridgehead atoms. The molecule has 2 aromatic rings. The van der Waals surface area contributed by atoms with Crippen molar-refractivity contribution in [3.8, 4) is 5.75 Å². The maximum atomic E-state index is 12.1. The van der Waals surface area contributed by atoms with Gasteiger partial charge in [0, 0.05) is 38.8 Å². The zero-order chi connectivity index (χ0) is 19.4. The van der Waals surface area contributed by atoms with Gasteiger partial charge in [-0.1, -0.05) is 29.3 Å². The van der Waals surface area contributed by atoms with Gasteiger partial charge in [0.25, 0.3) is 0 Å². The molecule has 0 saturated carbocycles. The van der Waals surface area contributed by atoms with Crippen LogP contribution in [-0.2, 0) is 16.0 Å². The van der Waals surface area contributed by atoms with Crippen LogP contribution in [0.25, 0.3) is 0 Å². The Balaban J connectivity index is 1.55. The highest BCUT2D eigenvalue weighted by Gasteiger charge is 2.18. The highest BCUT2D eigenvalue weighted by molar-refractivity contribution is 6.42. The number of hydrogen-bond acceptors (Lipinski definition) is 4. The molecule has 1 amide bonds. The summed E-state index contributed by atoms with van der Waals surface area (Å²) >= 11 is 11.8. The predicted octanol–water partition coefficient (Wildman–Crippen LogP) is 3.81. The topological polar surface area (TPSA) is 49.9 Å². The lowest BCUT2D eigenvalue weighted by Gasteiger charge is -2.35. The van der Waals surface area contributed by atoms with Crippen LogP contribution in [0.5, 0.6) is 5.75 Å². The normalized spacial score (nSPS) is 14.2. The van der Waals surface area contributed by atoms with E-state index in [1.54, 1.807) is 37.3 Å². The number of piperazine rings is 1. The van der Waals surface area contributed by atoms with Gasteiger partial charge in [0.1, 0.15) is 5.75 Å². The van der Waals surface area contributed by atoms with Gasteiger partial charge in [0.05, 0.1) is 16.5 Å². The van der Waals surface area contributed by atoms with Crippen molar-refractivity contribution in [3.63, 3.8) is 0 Å². The first-order chi connectivity index (χ1) is 12.9. The Kier molecular flexibility index (Phi) is 6.24. The van der Waals surface area contributed by atoms with Crippen LogP contribution in [0.2, 0.25) is 10.0 Å². The minimum Gasteiger partial charge on any atom is -0.426 e. The fourth-order valence-electron chi connectivity index (χ4n) is 2.99. The zero-order valence-electron chi connectivity index (χ0n) is 15.0. The molecule has 0 N–H and O–H groups in total. The van der Waals surface area contributed by atoms with Gasteiger partial charge in [0.15, 0.2) is 0 Å². The summed E-state index contributed by atoms with van der Waals surface area (Å²) in [4.78, 5) is 27.6. The number of halogens is 2. The first-order valence-corrected chi connectivity index (χ1v) is 9.43. The molecular formula is C20H20Cl2N2O3. The standard InChI is InChI=1S/C20H20Cl2N2O3/c1-14(25)23-8-10-24(11-9-23)16-3-5-17(6-4-16)27-20(26)13-15-2-7-18(21)19(22)12-15/h2-7,12H,8-11,13H2,1H3. The predicted molar refractivity (Wildman–Crippen MR) is 107 cm³/mol. The molecule has 0 aromatic heterocycles. The Labute approximate surface area is 168 Å². The Morgan fingerprint density at radius 1 is 0.963 bits per heavy atom. The molecule has 0 atom stereocenters. The van der Waals surface area contributed by atoms with Crippen molar-refractivity contribution in [2.45, 2.75) is 13.3 Å². The van der Waals surface area contributed by atoms with Gasteiger partial charge in [-0.3, -0.25) is 9.59 Å². The van der Waals surface area contributed by atoms with E-state index in [9.17, 15) is 9.59 Å². The van der Waals surface area contributed by atoms with Crippen LogP contribution in [0.15, 0.2) is 42.5 Å². The van der Waals surface area contributed by atoms with Gasteiger partial charge < -0.3 is 14.5 Å². The van der Waals surface area contributed by atoms with Gasteiger partial charge in [-0.05, 0) is 42.0 Å². The summed E-state index contributed by atoms with van der Waals surface area (Å²) in [5.41, 5.74) is 1.79. The van der Waals surface area contributed by atoms with E-state index >= 15 is 0 Å². The summed E-state index contributed by atoms with van der Waals surface area (Å²) in [5.74, 6) is 0.237. The van der Waals surface area contributed by atoms with E-state index in [4.69, 9.17) is 27.9 Å². The Morgan fingerprint density at radius 2 is 1.63 bits per heavy atom. The average molecular weight is 407 g/mol. The SMILES string of the molecule is CC(=O)N1CCN(c2ccc(OC(=O)Cc3ccc(Cl)c(Cl)c3)cc2)CC1. The summed E-state index contributed by atoms with van der Waals surface area (Å²) in [6.07, 6.45) is 0.117. The number of esters is 1. The molecule has 1 aliphatic heterocycles. The van der Waals surface area contributed by atoms with Crippen LogP contribution in [-0.4, -0.2) is 43.0 Å². The molecule has 2 aromatic carbocycles. The van der Waals surface area contributed by atoms with E-state index in [1.807, 2.05) is 17.0 Å². The molecule has 0 spiro atoms. The first kappa shape index (κ1) is 19.5. The van der Waals surface area contributed by atoms with E-state index in [0.717, 1.165) is 37.4 Å². The number of benzene rings is 2. The Hall–Kier alpha value is -2.24. The van der Waals surface area contributed by atoms with E-state index in [1.165, 1.54) is 0 Å². The average Bonchev–Trinajstić information content (AvgIpc) is 2.65. The summed E-state index contributed by atoms with van der Waals surface area (Å²) in [5, 5.41) is 0.865. The molecule has 3 rings (SSSR count). The summed E-state index contributed by atoms with van der Waals surface area (Å²) in [7, 11) is 0. The summed E-state index contributed by atoms with van der Waals surface area (Å²) < 4.78 is 5.39. The lowest BCUT2D eigenvalue weighted by molar-refractivity contribution is -0.133. The molecule has 27 heavy (non-hydrogen) atoms. The minimum atomic E-state index is -0.365. The van der Waals surface area contributed by atoms with E-state index in [0.29, 0.717) is 15.8 Å². The molecule has 1 aliphatic rings. The third kappa shape index (κ3) is 5.15. The third-order valence-corrected chi connectivity index (χ3v) is 5.23. The largest absolute Gasteiger partial charge is 0.426 e. The van der Waals surface area contributed by atoms with E-state index in [-0.39, 0.29) is 18.3 Å². The number of ether oxygens (including phenoxy) is 1. The quantitative estimate of drug-likeness (QED) is 0.572. The summed E-state index contributed by atoms with van der Waals surface area (Å²) in [6, 6.07) is 12.5. The second-order valence-corrected chi connectivity index (χ2v) is 7.20. The van der Waals surface area contributed by atoms with Crippen LogP contribution < -0.4 is 9.64 Å². The highest BCUT2D eigenvalue weighted by Crippen LogP contribution is 2.24. The highest BCUT2D eigenvalue weighted by atomic mass is 35.5. The van der Waals surface area contributed by atoms with Gasteiger partial charge >= 0.3 is 5.97 Å². The molecule has 142 valence electrons. The van der Waals surface area contributed by atoms with Crippen LogP contribution in [0.4, 0.5) is 5.69 Å². The van der Waals surface area contributed by atoms with Gasteiger partial charge in [-0.15, -0.1) is 0 Å². The second-order valence-electron chi connectivity index (χ2n) is 6.39. The molecule has 0 radical (unpaired) electrons. The summed E-state index contributed by atoms with van der Waals surface area (Å²) in [6.45, 7) is 4.61. The molecule has 5 nitrogen and oxygen atoms in total. The van der Waals surface area contributed by atoms with Gasteiger partial charge in [-0.25, -0.2) is 0 Å². The van der Waals surface area contributed by atoms with E-state index < -0.39 is 0 Å². The third-order valence-electron chi connectivity index (χ3n) is 4.49. The molecule has 0 aliphatic carbocycles. The van der Waals surface area contributed by atoms with Crippen molar-refractivity contribution in [1.29, 1.82) is 0 Å². The van der Waals surface area contributed by atoms with Gasteiger partial charge in [-0.2, -0.15) is 0 Å². The number of anilines is 1.